The number of benzene rings is 2. The quantitative estimate of drug-likeness (QED) is 0.483. The van der Waals surface area contributed by atoms with Gasteiger partial charge in [-0.2, -0.15) is 0 Å². The molecule has 0 heterocycles. The number of rotatable bonds is 5. The van der Waals surface area contributed by atoms with E-state index in [2.05, 4.69) is 0 Å². The standard InChI is InChI=1S/C19H18O3.Zr/c1-13(20)18(14(2)21)12-15-8-10-17(11-9-15)19(22)16-6-4-3-5-7-16;/h3-11,20H,12H2,1-2H3;/b18-13-;. The molecule has 2 rings (SSSR count). The maximum absolute atomic E-state index is 12.3. The number of ketones is 2. The maximum atomic E-state index is 12.3. The second kappa shape index (κ2) is 8.74. The second-order valence-electron chi connectivity index (χ2n) is 5.19. The zero-order valence-corrected chi connectivity index (χ0v) is 15.6. The molecule has 0 aliphatic carbocycles. The third kappa shape index (κ3) is 5.11. The van der Waals surface area contributed by atoms with Gasteiger partial charge in [0.15, 0.2) is 11.6 Å². The number of hydrogen-bond acceptors (Lipinski definition) is 3. The number of carbonyl (C=O) groups excluding carboxylic acids is 2. The Labute approximate surface area is 155 Å². The first kappa shape index (κ1) is 19.3. The van der Waals surface area contributed by atoms with Crippen LogP contribution in [-0.2, 0) is 37.4 Å². The summed E-state index contributed by atoms with van der Waals surface area (Å²) in [4.78, 5) is 23.8. The normalized spacial score (nSPS) is 11.2. The monoisotopic (exact) mass is 384 g/mol. The predicted octanol–water partition coefficient (Wildman–Crippen LogP) is 3.88. The van der Waals surface area contributed by atoms with E-state index < -0.39 is 0 Å². The molecule has 0 aliphatic heterocycles. The van der Waals surface area contributed by atoms with E-state index in [1.54, 1.807) is 24.3 Å². The van der Waals surface area contributed by atoms with Crippen LogP contribution in [0.3, 0.4) is 0 Å². The van der Waals surface area contributed by atoms with Crippen LogP contribution in [0.2, 0.25) is 0 Å². The fourth-order valence-corrected chi connectivity index (χ4v) is 2.24. The van der Waals surface area contributed by atoms with Gasteiger partial charge in [-0.3, -0.25) is 9.59 Å². The summed E-state index contributed by atoms with van der Waals surface area (Å²) < 4.78 is 0. The van der Waals surface area contributed by atoms with E-state index in [4.69, 9.17) is 0 Å². The third-order valence-electron chi connectivity index (χ3n) is 3.49. The minimum atomic E-state index is -0.149. The van der Waals surface area contributed by atoms with Gasteiger partial charge in [0.1, 0.15) is 0 Å². The van der Waals surface area contributed by atoms with Gasteiger partial charge in [0.2, 0.25) is 0 Å². The van der Waals surface area contributed by atoms with E-state index in [1.165, 1.54) is 13.8 Å². The van der Waals surface area contributed by atoms with Crippen molar-refractivity contribution in [3.8, 4) is 0 Å². The predicted molar refractivity (Wildman–Crippen MR) is 86.0 cm³/mol. The first-order valence-corrected chi connectivity index (χ1v) is 7.07. The van der Waals surface area contributed by atoms with Crippen molar-refractivity contribution in [2.75, 3.05) is 0 Å². The van der Waals surface area contributed by atoms with Crippen molar-refractivity contribution in [2.24, 2.45) is 0 Å². The molecule has 0 atom stereocenters. The van der Waals surface area contributed by atoms with Crippen LogP contribution >= 0.6 is 0 Å². The minimum absolute atomic E-state index is 0. The van der Waals surface area contributed by atoms with E-state index in [1.807, 2.05) is 30.3 Å². The van der Waals surface area contributed by atoms with Crippen LogP contribution in [-0.4, -0.2) is 16.7 Å². The van der Waals surface area contributed by atoms with Gasteiger partial charge in [-0.25, -0.2) is 0 Å². The van der Waals surface area contributed by atoms with Gasteiger partial charge in [0.25, 0.3) is 0 Å². The van der Waals surface area contributed by atoms with Crippen LogP contribution in [0.25, 0.3) is 0 Å². The van der Waals surface area contributed by atoms with E-state index in [0.29, 0.717) is 23.1 Å². The van der Waals surface area contributed by atoms with Crippen molar-refractivity contribution >= 4 is 11.6 Å². The minimum Gasteiger partial charge on any atom is -0.512 e. The molecule has 0 amide bonds. The van der Waals surface area contributed by atoms with Gasteiger partial charge in [-0.1, -0.05) is 54.6 Å². The second-order valence-corrected chi connectivity index (χ2v) is 5.19. The van der Waals surface area contributed by atoms with Crippen LogP contribution in [0, 0.1) is 0 Å². The Hall–Kier alpha value is -1.80. The van der Waals surface area contributed by atoms with E-state index in [-0.39, 0.29) is 43.5 Å². The molecule has 116 valence electrons. The summed E-state index contributed by atoms with van der Waals surface area (Å²) in [5.41, 5.74) is 2.51. The molecule has 0 fully saturated rings. The summed E-state index contributed by atoms with van der Waals surface area (Å²) in [5.74, 6) is -0.144. The largest absolute Gasteiger partial charge is 0.512 e. The topological polar surface area (TPSA) is 54.4 Å². The smallest absolute Gasteiger partial charge is 0.193 e. The molecular formula is C19H18O3Zr. The average molecular weight is 386 g/mol. The molecule has 2 aromatic carbocycles. The molecule has 23 heavy (non-hydrogen) atoms. The van der Waals surface area contributed by atoms with Crippen LogP contribution < -0.4 is 0 Å². The molecule has 0 saturated carbocycles. The summed E-state index contributed by atoms with van der Waals surface area (Å²) in [6, 6.07) is 16.2. The number of aliphatic hydroxyl groups is 1. The SMILES string of the molecule is CC(=O)/C(Cc1ccc(C(=O)c2ccccc2)cc1)=C(/C)O.[Zr]. The summed E-state index contributed by atoms with van der Waals surface area (Å²) >= 11 is 0. The number of allylic oxidation sites excluding steroid dienone is 2. The fourth-order valence-electron chi connectivity index (χ4n) is 2.24. The Morgan fingerprint density at radius 3 is 1.87 bits per heavy atom. The molecule has 0 unspecified atom stereocenters. The van der Waals surface area contributed by atoms with Crippen LogP contribution in [0.5, 0.6) is 0 Å². The first-order chi connectivity index (χ1) is 10.5. The van der Waals surface area contributed by atoms with Gasteiger partial charge < -0.3 is 5.11 Å². The number of Topliss-reactive ketones (excluding diaryl/α,β-unsaturated/α-hetero) is 1. The van der Waals surface area contributed by atoms with Crippen molar-refractivity contribution in [3.63, 3.8) is 0 Å². The number of aliphatic hydroxyl groups excluding tert-OH is 1. The van der Waals surface area contributed by atoms with Gasteiger partial charge >= 0.3 is 0 Å². The Bertz CT molecular complexity index is 712. The molecule has 2 aromatic rings. The van der Waals surface area contributed by atoms with Crippen molar-refractivity contribution in [1.82, 2.24) is 0 Å². The number of hydrogen-bond donors (Lipinski definition) is 1. The van der Waals surface area contributed by atoms with Crippen molar-refractivity contribution < 1.29 is 40.9 Å². The molecule has 0 radical (unpaired) electrons. The Kier molecular flexibility index (Phi) is 7.31. The van der Waals surface area contributed by atoms with E-state index >= 15 is 0 Å². The first-order valence-electron chi connectivity index (χ1n) is 7.07. The summed E-state index contributed by atoms with van der Waals surface area (Å²) in [5, 5.41) is 9.54. The number of carbonyl (C=O) groups is 2. The Balaban J connectivity index is 0.00000264. The summed E-state index contributed by atoms with van der Waals surface area (Å²) in [7, 11) is 0. The maximum Gasteiger partial charge on any atom is 0.193 e. The Morgan fingerprint density at radius 2 is 1.39 bits per heavy atom. The van der Waals surface area contributed by atoms with Gasteiger partial charge in [-0.15, -0.1) is 0 Å². The molecule has 0 aromatic heterocycles. The van der Waals surface area contributed by atoms with Crippen molar-refractivity contribution in [1.29, 1.82) is 0 Å². The van der Waals surface area contributed by atoms with Crippen LogP contribution in [0.4, 0.5) is 0 Å². The molecule has 0 saturated heterocycles. The van der Waals surface area contributed by atoms with Crippen molar-refractivity contribution in [3.05, 3.63) is 82.6 Å². The third-order valence-corrected chi connectivity index (χ3v) is 3.49. The van der Waals surface area contributed by atoms with E-state index in [9.17, 15) is 14.7 Å². The summed E-state index contributed by atoms with van der Waals surface area (Å²) in [6.45, 7) is 2.94. The Morgan fingerprint density at radius 1 is 0.870 bits per heavy atom. The van der Waals surface area contributed by atoms with Gasteiger partial charge in [0.05, 0.1) is 5.76 Å². The molecule has 0 bridgehead atoms. The molecule has 0 aliphatic rings. The van der Waals surface area contributed by atoms with Gasteiger partial charge in [-0.05, 0) is 19.4 Å². The molecule has 0 spiro atoms. The molecule has 1 N–H and O–H groups in total. The van der Waals surface area contributed by atoms with Crippen LogP contribution in [0.1, 0.15) is 35.3 Å². The zero-order chi connectivity index (χ0) is 16.1. The van der Waals surface area contributed by atoms with Crippen molar-refractivity contribution in [2.45, 2.75) is 20.3 Å². The van der Waals surface area contributed by atoms with Crippen LogP contribution in [0.15, 0.2) is 65.9 Å². The average Bonchev–Trinajstić information content (AvgIpc) is 2.52. The molecule has 4 heteroatoms. The zero-order valence-electron chi connectivity index (χ0n) is 13.2. The molecular weight excluding hydrogens is 367 g/mol. The fraction of sp³-hybridized carbons (Fsp3) is 0.158. The van der Waals surface area contributed by atoms with E-state index in [0.717, 1.165) is 5.56 Å². The summed E-state index contributed by atoms with van der Waals surface area (Å²) in [6.07, 6.45) is 0.359. The van der Waals surface area contributed by atoms with Gasteiger partial charge in [0, 0.05) is 49.3 Å². The molecule has 3 nitrogen and oxygen atoms in total.